The van der Waals surface area contributed by atoms with Gasteiger partial charge in [0.15, 0.2) is 0 Å². The predicted molar refractivity (Wildman–Crippen MR) is 98.9 cm³/mol. The number of amides is 1. The summed E-state index contributed by atoms with van der Waals surface area (Å²) in [5.41, 5.74) is 2.18. The zero-order valence-corrected chi connectivity index (χ0v) is 15.6. The summed E-state index contributed by atoms with van der Waals surface area (Å²) in [6.45, 7) is 12.3. The molecular formula is C19H26N2OS. The summed E-state index contributed by atoms with van der Waals surface area (Å²) in [5.74, 6) is 0.174. The Hall–Kier alpha value is -1.55. The van der Waals surface area contributed by atoms with Gasteiger partial charge in [0.25, 0.3) is 0 Å². The monoisotopic (exact) mass is 330 g/mol. The Morgan fingerprint density at radius 3 is 2.30 bits per heavy atom. The molecular weight excluding hydrogens is 304 g/mol. The maximum Gasteiger partial charge on any atom is 0.236 e. The van der Waals surface area contributed by atoms with Crippen molar-refractivity contribution in [3.05, 3.63) is 35.9 Å². The SMILES string of the molecule is Cc1cc(SC(C)C(=O)N(C(C)C)C(C)C)nc2ccccc12. The third-order valence-corrected chi connectivity index (χ3v) is 4.92. The molecule has 0 bridgehead atoms. The molecule has 0 aliphatic carbocycles. The van der Waals surface area contributed by atoms with E-state index in [0.29, 0.717) is 0 Å². The summed E-state index contributed by atoms with van der Waals surface area (Å²) in [6, 6.07) is 10.6. The highest BCUT2D eigenvalue weighted by atomic mass is 32.2. The van der Waals surface area contributed by atoms with Crippen molar-refractivity contribution in [2.75, 3.05) is 0 Å². The van der Waals surface area contributed by atoms with Crippen LogP contribution >= 0.6 is 11.8 Å². The fourth-order valence-corrected chi connectivity index (χ4v) is 3.91. The lowest BCUT2D eigenvalue weighted by Crippen LogP contribution is -2.45. The first-order valence-corrected chi connectivity index (χ1v) is 9.04. The van der Waals surface area contributed by atoms with Crippen molar-refractivity contribution in [3.8, 4) is 0 Å². The van der Waals surface area contributed by atoms with Gasteiger partial charge in [-0.1, -0.05) is 30.0 Å². The van der Waals surface area contributed by atoms with Crippen LogP contribution in [0.2, 0.25) is 0 Å². The Bertz CT molecular complexity index is 689. The number of rotatable bonds is 5. The molecule has 1 aromatic heterocycles. The van der Waals surface area contributed by atoms with Crippen LogP contribution in [0.25, 0.3) is 10.9 Å². The number of benzene rings is 1. The standard InChI is InChI=1S/C19H26N2OS/c1-12(2)21(13(3)4)19(22)15(6)23-18-11-14(5)16-9-7-8-10-17(16)20-18/h7-13,15H,1-6H3. The van der Waals surface area contributed by atoms with Crippen LogP contribution in [0, 0.1) is 6.92 Å². The Labute approximate surface area is 143 Å². The van der Waals surface area contributed by atoms with Crippen LogP contribution in [0.5, 0.6) is 0 Å². The molecule has 1 heterocycles. The van der Waals surface area contributed by atoms with E-state index < -0.39 is 0 Å². The normalized spacial score (nSPS) is 12.9. The highest BCUT2D eigenvalue weighted by Gasteiger charge is 2.26. The summed E-state index contributed by atoms with van der Waals surface area (Å²) < 4.78 is 0. The molecule has 1 amide bonds. The van der Waals surface area contributed by atoms with Gasteiger partial charge in [0.05, 0.1) is 15.8 Å². The van der Waals surface area contributed by atoms with Gasteiger partial charge in [0.2, 0.25) is 5.91 Å². The third kappa shape index (κ3) is 4.05. The van der Waals surface area contributed by atoms with Gasteiger partial charge in [-0.2, -0.15) is 0 Å². The van der Waals surface area contributed by atoms with Crippen LogP contribution in [-0.2, 0) is 4.79 Å². The lowest BCUT2D eigenvalue weighted by molar-refractivity contribution is -0.133. The van der Waals surface area contributed by atoms with Crippen LogP contribution in [0.4, 0.5) is 0 Å². The lowest BCUT2D eigenvalue weighted by atomic mass is 10.1. The minimum Gasteiger partial charge on any atom is -0.337 e. The van der Waals surface area contributed by atoms with Crippen molar-refractivity contribution in [2.24, 2.45) is 0 Å². The first-order valence-electron chi connectivity index (χ1n) is 8.16. The number of carbonyl (C=O) groups is 1. The van der Waals surface area contributed by atoms with Crippen molar-refractivity contribution in [1.82, 2.24) is 9.88 Å². The molecule has 0 spiro atoms. The van der Waals surface area contributed by atoms with Crippen LogP contribution in [0.1, 0.15) is 40.2 Å². The van der Waals surface area contributed by atoms with Gasteiger partial charge in [-0.25, -0.2) is 4.98 Å². The van der Waals surface area contributed by atoms with E-state index in [1.165, 1.54) is 10.9 Å². The van der Waals surface area contributed by atoms with E-state index in [4.69, 9.17) is 4.98 Å². The van der Waals surface area contributed by atoms with Gasteiger partial charge in [-0.15, -0.1) is 0 Å². The average molecular weight is 330 g/mol. The number of aryl methyl sites for hydroxylation is 1. The van der Waals surface area contributed by atoms with Gasteiger partial charge in [-0.3, -0.25) is 4.79 Å². The first kappa shape index (κ1) is 17.8. The minimum absolute atomic E-state index is 0.145. The second-order valence-electron chi connectivity index (χ2n) is 6.49. The maximum atomic E-state index is 12.8. The van der Waals surface area contributed by atoms with Crippen LogP contribution in [-0.4, -0.2) is 33.1 Å². The fourth-order valence-electron chi connectivity index (χ4n) is 2.93. The number of hydrogen-bond acceptors (Lipinski definition) is 3. The number of fused-ring (bicyclic) bond motifs is 1. The number of thioether (sulfide) groups is 1. The Kier molecular flexibility index (Phi) is 5.69. The predicted octanol–water partition coefficient (Wildman–Crippen LogP) is 4.67. The molecule has 23 heavy (non-hydrogen) atoms. The quantitative estimate of drug-likeness (QED) is 0.747. The van der Waals surface area contributed by atoms with Crippen LogP contribution in [0.15, 0.2) is 35.4 Å². The van der Waals surface area contributed by atoms with Gasteiger partial charge >= 0.3 is 0 Å². The Morgan fingerprint density at radius 2 is 1.70 bits per heavy atom. The number of aromatic nitrogens is 1. The summed E-state index contributed by atoms with van der Waals surface area (Å²) >= 11 is 1.54. The number of nitrogens with zero attached hydrogens (tertiary/aromatic N) is 2. The van der Waals surface area contributed by atoms with Crippen LogP contribution in [0.3, 0.4) is 0 Å². The highest BCUT2D eigenvalue weighted by Crippen LogP contribution is 2.28. The molecule has 1 atom stereocenters. The Morgan fingerprint density at radius 1 is 1.09 bits per heavy atom. The van der Waals surface area contributed by atoms with Crippen molar-refractivity contribution < 1.29 is 4.79 Å². The molecule has 0 aliphatic heterocycles. The summed E-state index contributed by atoms with van der Waals surface area (Å²) in [6.07, 6.45) is 0. The smallest absolute Gasteiger partial charge is 0.236 e. The average Bonchev–Trinajstić information content (AvgIpc) is 2.46. The molecule has 124 valence electrons. The third-order valence-electron chi connectivity index (χ3n) is 3.91. The van der Waals surface area contributed by atoms with Crippen LogP contribution < -0.4 is 0 Å². The van der Waals surface area contributed by atoms with Crippen molar-refractivity contribution in [3.63, 3.8) is 0 Å². The van der Waals surface area contributed by atoms with E-state index in [2.05, 4.69) is 46.8 Å². The molecule has 0 saturated carbocycles. The minimum atomic E-state index is -0.145. The highest BCUT2D eigenvalue weighted by molar-refractivity contribution is 8.00. The molecule has 3 nitrogen and oxygen atoms in total. The second-order valence-corrected chi connectivity index (χ2v) is 7.85. The van der Waals surface area contributed by atoms with Crippen molar-refractivity contribution in [1.29, 1.82) is 0 Å². The molecule has 1 unspecified atom stereocenters. The van der Waals surface area contributed by atoms with E-state index in [-0.39, 0.29) is 23.2 Å². The second kappa shape index (κ2) is 7.35. The molecule has 0 radical (unpaired) electrons. The number of carbonyl (C=O) groups excluding carboxylic acids is 1. The molecule has 0 aliphatic rings. The largest absolute Gasteiger partial charge is 0.337 e. The molecule has 0 fully saturated rings. The van der Waals surface area contributed by atoms with Gasteiger partial charge in [0.1, 0.15) is 0 Å². The summed E-state index contributed by atoms with van der Waals surface area (Å²) in [7, 11) is 0. The van der Waals surface area contributed by atoms with E-state index in [1.807, 2.05) is 30.0 Å². The lowest BCUT2D eigenvalue weighted by Gasteiger charge is -2.32. The maximum absolute atomic E-state index is 12.8. The molecule has 1 aromatic carbocycles. The molecule has 4 heteroatoms. The van der Waals surface area contributed by atoms with Gasteiger partial charge < -0.3 is 4.90 Å². The zero-order valence-electron chi connectivity index (χ0n) is 14.8. The zero-order chi connectivity index (χ0) is 17.1. The summed E-state index contributed by atoms with van der Waals surface area (Å²) in [4.78, 5) is 19.4. The molecule has 0 N–H and O–H groups in total. The van der Waals surface area contributed by atoms with Crippen molar-refractivity contribution in [2.45, 2.75) is 63.9 Å². The van der Waals surface area contributed by atoms with Crippen molar-refractivity contribution >= 4 is 28.6 Å². The molecule has 2 aromatic rings. The number of para-hydroxylation sites is 1. The van der Waals surface area contributed by atoms with E-state index in [1.54, 1.807) is 11.8 Å². The topological polar surface area (TPSA) is 33.2 Å². The van der Waals surface area contributed by atoms with E-state index in [9.17, 15) is 4.79 Å². The number of pyridine rings is 1. The first-order chi connectivity index (χ1) is 10.8. The molecule has 2 rings (SSSR count). The number of hydrogen-bond donors (Lipinski definition) is 0. The Balaban J connectivity index is 2.23. The fraction of sp³-hybridized carbons (Fsp3) is 0.474. The van der Waals surface area contributed by atoms with E-state index >= 15 is 0 Å². The van der Waals surface area contributed by atoms with Gasteiger partial charge in [-0.05, 0) is 59.2 Å². The van der Waals surface area contributed by atoms with E-state index in [0.717, 1.165) is 10.5 Å². The van der Waals surface area contributed by atoms with Gasteiger partial charge in [0, 0.05) is 17.5 Å². The molecule has 0 saturated heterocycles. The summed E-state index contributed by atoms with van der Waals surface area (Å²) in [5, 5.41) is 1.93.